The first kappa shape index (κ1) is 18.5. The molecule has 0 unspecified atom stereocenters. The Kier molecular flexibility index (Phi) is 5.15. The van der Waals surface area contributed by atoms with Crippen LogP contribution in [0.4, 0.5) is 11.4 Å². The lowest BCUT2D eigenvalue weighted by Gasteiger charge is -2.38. The van der Waals surface area contributed by atoms with Gasteiger partial charge in [0.2, 0.25) is 0 Å². The van der Waals surface area contributed by atoms with Gasteiger partial charge in [0.25, 0.3) is 5.91 Å². The summed E-state index contributed by atoms with van der Waals surface area (Å²) in [6, 6.07) is 13.0. The number of anilines is 2. The summed E-state index contributed by atoms with van der Waals surface area (Å²) in [6.45, 7) is 5.58. The van der Waals surface area contributed by atoms with Crippen LogP contribution in [-0.4, -0.2) is 50.1 Å². The van der Waals surface area contributed by atoms with Crippen molar-refractivity contribution in [2.24, 2.45) is 0 Å². The van der Waals surface area contributed by atoms with E-state index in [9.17, 15) is 4.79 Å². The first-order valence-electron chi connectivity index (χ1n) is 10.9. The van der Waals surface area contributed by atoms with Crippen LogP contribution in [0, 0.1) is 0 Å². The van der Waals surface area contributed by atoms with Gasteiger partial charge in [0.1, 0.15) is 5.75 Å². The third-order valence-corrected chi connectivity index (χ3v) is 6.48. The highest BCUT2D eigenvalue weighted by Gasteiger charge is 2.22. The van der Waals surface area contributed by atoms with Crippen LogP contribution in [0.3, 0.4) is 0 Å². The zero-order chi connectivity index (χ0) is 19.6. The number of piperazine rings is 1. The molecule has 152 valence electrons. The molecule has 5 nitrogen and oxygen atoms in total. The average Bonchev–Trinajstić information content (AvgIpc) is 2.77. The van der Waals surface area contributed by atoms with Gasteiger partial charge in [-0.3, -0.25) is 9.69 Å². The molecule has 3 aliphatic rings. The van der Waals surface area contributed by atoms with Crippen LogP contribution in [0.15, 0.2) is 36.4 Å². The smallest absolute Gasteiger partial charge is 0.262 e. The lowest BCUT2D eigenvalue weighted by Crippen LogP contribution is -2.47. The number of hydrogen-bond donors (Lipinski definition) is 1. The minimum Gasteiger partial charge on any atom is -0.482 e. The quantitative estimate of drug-likeness (QED) is 0.869. The predicted molar refractivity (Wildman–Crippen MR) is 116 cm³/mol. The number of benzene rings is 2. The Morgan fingerprint density at radius 1 is 1.00 bits per heavy atom. The lowest BCUT2D eigenvalue weighted by atomic mass is 9.90. The van der Waals surface area contributed by atoms with E-state index in [1.54, 1.807) is 11.1 Å². The molecule has 2 aromatic rings. The molecule has 1 saturated heterocycles. The van der Waals surface area contributed by atoms with E-state index >= 15 is 0 Å². The summed E-state index contributed by atoms with van der Waals surface area (Å²) in [5, 5.41) is 2.90. The van der Waals surface area contributed by atoms with Crippen LogP contribution in [-0.2, 0) is 24.1 Å². The highest BCUT2D eigenvalue weighted by atomic mass is 16.5. The Morgan fingerprint density at radius 2 is 1.86 bits per heavy atom. The first-order chi connectivity index (χ1) is 14.3. The predicted octanol–water partition coefficient (Wildman–Crippen LogP) is 3.26. The Bertz CT molecular complexity index is 903. The average molecular weight is 392 g/mol. The number of rotatable bonds is 4. The number of amides is 1. The van der Waals surface area contributed by atoms with Crippen molar-refractivity contribution in [3.63, 3.8) is 0 Å². The summed E-state index contributed by atoms with van der Waals surface area (Å²) in [6.07, 6.45) is 6.14. The number of nitrogens with one attached hydrogen (secondary N) is 1. The molecule has 1 fully saturated rings. The Hall–Kier alpha value is -2.53. The molecule has 0 bridgehead atoms. The molecule has 5 heteroatoms. The van der Waals surface area contributed by atoms with Crippen molar-refractivity contribution in [1.82, 2.24) is 4.90 Å². The summed E-state index contributed by atoms with van der Waals surface area (Å²) in [4.78, 5) is 16.7. The zero-order valence-corrected chi connectivity index (χ0v) is 17.0. The summed E-state index contributed by atoms with van der Waals surface area (Å²) >= 11 is 0. The van der Waals surface area contributed by atoms with Gasteiger partial charge in [-0.15, -0.1) is 0 Å². The lowest BCUT2D eigenvalue weighted by molar-refractivity contribution is -0.118. The van der Waals surface area contributed by atoms with Crippen molar-refractivity contribution >= 4 is 17.3 Å². The van der Waals surface area contributed by atoms with E-state index in [-0.39, 0.29) is 12.5 Å². The Morgan fingerprint density at radius 3 is 2.76 bits per heavy atom. The fourth-order valence-corrected chi connectivity index (χ4v) is 4.84. The highest BCUT2D eigenvalue weighted by Crippen LogP contribution is 2.31. The van der Waals surface area contributed by atoms with Crippen molar-refractivity contribution in [3.8, 4) is 5.75 Å². The second-order valence-corrected chi connectivity index (χ2v) is 8.37. The molecule has 1 amide bonds. The van der Waals surface area contributed by atoms with Gasteiger partial charge < -0.3 is 15.0 Å². The van der Waals surface area contributed by atoms with Gasteiger partial charge in [-0.2, -0.15) is 0 Å². The molecule has 5 rings (SSSR count). The fourth-order valence-electron chi connectivity index (χ4n) is 4.84. The van der Waals surface area contributed by atoms with E-state index in [2.05, 4.69) is 45.4 Å². The summed E-state index contributed by atoms with van der Waals surface area (Å²) in [7, 11) is 0. The molecule has 0 radical (unpaired) electrons. The Labute approximate surface area is 172 Å². The van der Waals surface area contributed by atoms with Crippen LogP contribution < -0.4 is 15.0 Å². The normalized spacial score (nSPS) is 19.2. The molecular formula is C24H29N3O2. The van der Waals surface area contributed by atoms with Crippen LogP contribution in [0.1, 0.15) is 29.5 Å². The summed E-state index contributed by atoms with van der Waals surface area (Å²) in [5.74, 6) is 0.696. The van der Waals surface area contributed by atoms with Crippen LogP contribution in [0.5, 0.6) is 5.75 Å². The van der Waals surface area contributed by atoms with Gasteiger partial charge in [-0.05, 0) is 67.0 Å². The van der Waals surface area contributed by atoms with E-state index in [0.717, 1.165) is 50.6 Å². The number of carbonyl (C=O) groups excluding carboxylic acids is 1. The van der Waals surface area contributed by atoms with Crippen molar-refractivity contribution in [2.45, 2.75) is 32.1 Å². The standard InChI is InChI=1S/C24H29N3O2/c28-24-17-29-23-9-8-18(16-21(23)25-24)10-11-26-12-14-27(15-13-26)22-7-3-5-19-4-1-2-6-20(19)22/h3,5,7-9,16H,1-2,4,6,10-15,17H2,(H,25,28). The molecule has 1 aliphatic carbocycles. The number of hydrogen-bond acceptors (Lipinski definition) is 4. The van der Waals surface area contributed by atoms with Gasteiger partial charge in [0.05, 0.1) is 5.69 Å². The monoisotopic (exact) mass is 391 g/mol. The van der Waals surface area contributed by atoms with Crippen LogP contribution >= 0.6 is 0 Å². The van der Waals surface area contributed by atoms with Gasteiger partial charge in [0, 0.05) is 38.4 Å². The van der Waals surface area contributed by atoms with Gasteiger partial charge in [-0.25, -0.2) is 0 Å². The minimum absolute atomic E-state index is 0.0751. The van der Waals surface area contributed by atoms with Gasteiger partial charge in [-0.1, -0.05) is 18.2 Å². The van der Waals surface area contributed by atoms with E-state index in [1.807, 2.05) is 6.07 Å². The van der Waals surface area contributed by atoms with Crippen molar-refractivity contribution < 1.29 is 9.53 Å². The van der Waals surface area contributed by atoms with E-state index < -0.39 is 0 Å². The number of aryl methyl sites for hydroxylation is 1. The van der Waals surface area contributed by atoms with Crippen LogP contribution in [0.25, 0.3) is 0 Å². The number of nitrogens with zero attached hydrogens (tertiary/aromatic N) is 2. The second-order valence-electron chi connectivity index (χ2n) is 8.37. The SMILES string of the molecule is O=C1COc2ccc(CCN3CCN(c4cccc5c4CCCC5)CC3)cc2N1. The van der Waals surface area contributed by atoms with E-state index in [1.165, 1.54) is 36.9 Å². The maximum Gasteiger partial charge on any atom is 0.262 e. The number of carbonyl (C=O) groups is 1. The molecule has 0 saturated carbocycles. The molecule has 2 heterocycles. The second kappa shape index (κ2) is 8.07. The van der Waals surface area contributed by atoms with E-state index in [0.29, 0.717) is 0 Å². The van der Waals surface area contributed by atoms with Crippen LogP contribution in [0.2, 0.25) is 0 Å². The third kappa shape index (κ3) is 3.97. The topological polar surface area (TPSA) is 44.8 Å². The molecule has 0 atom stereocenters. The highest BCUT2D eigenvalue weighted by molar-refractivity contribution is 5.95. The van der Waals surface area contributed by atoms with Crippen molar-refractivity contribution in [3.05, 3.63) is 53.1 Å². The molecule has 2 aromatic carbocycles. The zero-order valence-electron chi connectivity index (χ0n) is 17.0. The first-order valence-corrected chi connectivity index (χ1v) is 10.9. The summed E-state index contributed by atoms with van der Waals surface area (Å²) in [5.41, 5.74) is 6.70. The van der Waals surface area contributed by atoms with Crippen molar-refractivity contribution in [2.75, 3.05) is 49.5 Å². The minimum atomic E-state index is -0.0751. The van der Waals surface area contributed by atoms with Gasteiger partial charge >= 0.3 is 0 Å². The molecule has 1 N–H and O–H groups in total. The third-order valence-electron chi connectivity index (χ3n) is 6.48. The van der Waals surface area contributed by atoms with E-state index in [4.69, 9.17) is 4.74 Å². The largest absolute Gasteiger partial charge is 0.482 e. The van der Waals surface area contributed by atoms with Crippen molar-refractivity contribution in [1.29, 1.82) is 0 Å². The number of fused-ring (bicyclic) bond motifs is 2. The number of ether oxygens (including phenoxy) is 1. The fraction of sp³-hybridized carbons (Fsp3) is 0.458. The maximum atomic E-state index is 11.5. The molecule has 29 heavy (non-hydrogen) atoms. The molecule has 0 aromatic heterocycles. The molecule has 2 aliphatic heterocycles. The maximum absolute atomic E-state index is 11.5. The van der Waals surface area contributed by atoms with Gasteiger partial charge in [0.15, 0.2) is 6.61 Å². The molecule has 0 spiro atoms. The molecular weight excluding hydrogens is 362 g/mol. The summed E-state index contributed by atoms with van der Waals surface area (Å²) < 4.78 is 5.45. The Balaban J connectivity index is 1.17.